The summed E-state index contributed by atoms with van der Waals surface area (Å²) in [5.74, 6) is -0.167. The minimum absolute atomic E-state index is 0.0108. The number of amides is 1. The van der Waals surface area contributed by atoms with Crippen LogP contribution in [0.1, 0.15) is 17.7 Å². The quantitative estimate of drug-likeness (QED) is 0.574. The molecule has 0 aliphatic carbocycles. The van der Waals surface area contributed by atoms with Crippen molar-refractivity contribution in [2.75, 3.05) is 18.2 Å². The lowest BCUT2D eigenvalue weighted by Gasteiger charge is -2.12. The summed E-state index contributed by atoms with van der Waals surface area (Å²) < 4.78 is 36.3. The van der Waals surface area contributed by atoms with E-state index in [-0.39, 0.29) is 22.8 Å². The zero-order valence-corrected chi connectivity index (χ0v) is 18.3. The molecular formula is C21H21ClN2O5S. The van der Waals surface area contributed by atoms with Crippen molar-refractivity contribution in [3.63, 3.8) is 0 Å². The van der Waals surface area contributed by atoms with Gasteiger partial charge in [-0.3, -0.25) is 4.79 Å². The van der Waals surface area contributed by atoms with E-state index in [0.717, 1.165) is 0 Å². The maximum Gasteiger partial charge on any atom is 0.225 e. The van der Waals surface area contributed by atoms with Gasteiger partial charge in [-0.2, -0.15) is 0 Å². The van der Waals surface area contributed by atoms with Gasteiger partial charge in [0.1, 0.15) is 10.6 Å². The molecule has 0 unspecified atom stereocenters. The summed E-state index contributed by atoms with van der Waals surface area (Å²) in [6, 6.07) is 11.5. The molecule has 9 heteroatoms. The number of halogens is 1. The third kappa shape index (κ3) is 4.83. The van der Waals surface area contributed by atoms with Gasteiger partial charge < -0.3 is 14.6 Å². The molecule has 3 rings (SSSR count). The van der Waals surface area contributed by atoms with Crippen molar-refractivity contribution in [1.29, 1.82) is 0 Å². The standard InChI is InChI=1S/C21H21ClN2O5S/c1-13-11-19(29-24-13)15-7-8-18(28-3)20(12-15)30(26,27)10-9-21(25)23-17-6-4-5-16(22)14(17)2/h4-8,11-12H,9-10H2,1-3H3,(H,23,25). The monoisotopic (exact) mass is 448 g/mol. The summed E-state index contributed by atoms with van der Waals surface area (Å²) in [6.45, 7) is 3.55. The number of nitrogens with one attached hydrogen (secondary N) is 1. The second-order valence-corrected chi connectivity index (χ2v) is 9.21. The summed E-state index contributed by atoms with van der Waals surface area (Å²) in [5.41, 5.74) is 2.49. The summed E-state index contributed by atoms with van der Waals surface area (Å²) >= 11 is 6.05. The van der Waals surface area contributed by atoms with Crippen LogP contribution >= 0.6 is 11.6 Å². The molecular weight excluding hydrogens is 428 g/mol. The first-order chi connectivity index (χ1) is 14.2. The number of hydrogen-bond donors (Lipinski definition) is 1. The van der Waals surface area contributed by atoms with Crippen molar-refractivity contribution >= 4 is 33.0 Å². The Kier molecular flexibility index (Phi) is 6.48. The molecule has 0 spiro atoms. The van der Waals surface area contributed by atoms with E-state index in [9.17, 15) is 13.2 Å². The summed E-state index contributed by atoms with van der Waals surface area (Å²) in [4.78, 5) is 12.3. The van der Waals surface area contributed by atoms with Gasteiger partial charge in [0.2, 0.25) is 5.91 Å². The van der Waals surface area contributed by atoms with Crippen LogP contribution in [0, 0.1) is 13.8 Å². The molecule has 30 heavy (non-hydrogen) atoms. The van der Waals surface area contributed by atoms with Crippen molar-refractivity contribution < 1.29 is 22.5 Å². The summed E-state index contributed by atoms with van der Waals surface area (Å²) in [7, 11) is -2.42. The van der Waals surface area contributed by atoms with Crippen LogP contribution in [0.2, 0.25) is 5.02 Å². The molecule has 2 aromatic carbocycles. The Labute approximate surface area is 179 Å². The Hall–Kier alpha value is -2.84. The molecule has 3 aromatic rings. The molecule has 1 heterocycles. The van der Waals surface area contributed by atoms with Crippen molar-refractivity contribution in [3.05, 3.63) is 58.7 Å². The van der Waals surface area contributed by atoms with Crippen LogP contribution in [-0.4, -0.2) is 32.3 Å². The van der Waals surface area contributed by atoms with Gasteiger partial charge in [0, 0.05) is 28.8 Å². The molecule has 158 valence electrons. The molecule has 1 N–H and O–H groups in total. The fraction of sp³-hybridized carbons (Fsp3) is 0.238. The van der Waals surface area contributed by atoms with E-state index in [0.29, 0.717) is 33.3 Å². The van der Waals surface area contributed by atoms with Gasteiger partial charge in [0.25, 0.3) is 0 Å². The minimum Gasteiger partial charge on any atom is -0.495 e. The number of carbonyl (C=O) groups excluding carboxylic acids is 1. The second kappa shape index (κ2) is 8.89. The highest BCUT2D eigenvalue weighted by atomic mass is 35.5. The number of aromatic nitrogens is 1. The van der Waals surface area contributed by atoms with Gasteiger partial charge in [0.05, 0.1) is 18.6 Å². The number of aryl methyl sites for hydroxylation is 1. The molecule has 0 aliphatic rings. The maximum absolute atomic E-state index is 13.0. The first kappa shape index (κ1) is 21.9. The van der Waals surface area contributed by atoms with Crippen molar-refractivity contribution in [1.82, 2.24) is 5.16 Å². The van der Waals surface area contributed by atoms with Gasteiger partial charge in [-0.1, -0.05) is 22.8 Å². The molecule has 0 saturated heterocycles. The van der Waals surface area contributed by atoms with E-state index >= 15 is 0 Å². The Morgan fingerprint density at radius 2 is 1.97 bits per heavy atom. The highest BCUT2D eigenvalue weighted by Crippen LogP contribution is 2.31. The first-order valence-electron chi connectivity index (χ1n) is 9.10. The fourth-order valence-corrected chi connectivity index (χ4v) is 4.48. The number of anilines is 1. The van der Waals surface area contributed by atoms with Crippen LogP contribution < -0.4 is 10.1 Å². The summed E-state index contributed by atoms with van der Waals surface area (Å²) in [5, 5.41) is 7.04. The Morgan fingerprint density at radius 1 is 1.20 bits per heavy atom. The van der Waals surface area contributed by atoms with Crippen molar-refractivity contribution in [3.8, 4) is 17.1 Å². The van der Waals surface area contributed by atoms with Gasteiger partial charge in [-0.05, 0) is 49.7 Å². The van der Waals surface area contributed by atoms with Crippen LogP contribution in [-0.2, 0) is 14.6 Å². The SMILES string of the molecule is COc1ccc(-c2cc(C)no2)cc1S(=O)(=O)CCC(=O)Nc1cccc(Cl)c1C. The molecule has 1 aromatic heterocycles. The van der Waals surface area contributed by atoms with Gasteiger partial charge in [0.15, 0.2) is 15.6 Å². The number of nitrogens with zero attached hydrogens (tertiary/aromatic N) is 1. The molecule has 7 nitrogen and oxygen atoms in total. The van der Waals surface area contributed by atoms with Gasteiger partial charge >= 0.3 is 0 Å². The number of carbonyl (C=O) groups is 1. The Balaban J connectivity index is 1.79. The number of sulfone groups is 1. The average Bonchev–Trinajstić information content (AvgIpc) is 3.16. The lowest BCUT2D eigenvalue weighted by atomic mass is 10.1. The molecule has 1 amide bonds. The van der Waals surface area contributed by atoms with E-state index < -0.39 is 15.7 Å². The third-order valence-electron chi connectivity index (χ3n) is 4.55. The molecule has 0 saturated carbocycles. The summed E-state index contributed by atoms with van der Waals surface area (Å²) in [6.07, 6.45) is -0.219. The van der Waals surface area contributed by atoms with Crippen LogP contribution in [0.5, 0.6) is 5.75 Å². The minimum atomic E-state index is -3.81. The normalized spacial score (nSPS) is 11.3. The average molecular weight is 449 g/mol. The smallest absolute Gasteiger partial charge is 0.225 e. The first-order valence-corrected chi connectivity index (χ1v) is 11.1. The molecule has 0 fully saturated rings. The largest absolute Gasteiger partial charge is 0.495 e. The maximum atomic E-state index is 13.0. The zero-order chi connectivity index (χ0) is 21.9. The van der Waals surface area contributed by atoms with Crippen molar-refractivity contribution in [2.45, 2.75) is 25.2 Å². The van der Waals surface area contributed by atoms with E-state index in [1.54, 1.807) is 50.2 Å². The number of rotatable bonds is 7. The van der Waals surface area contributed by atoms with E-state index in [1.807, 2.05) is 0 Å². The van der Waals surface area contributed by atoms with E-state index in [2.05, 4.69) is 10.5 Å². The van der Waals surface area contributed by atoms with Crippen LogP contribution in [0.3, 0.4) is 0 Å². The predicted molar refractivity (Wildman–Crippen MR) is 115 cm³/mol. The van der Waals surface area contributed by atoms with Crippen LogP contribution in [0.15, 0.2) is 51.9 Å². The van der Waals surface area contributed by atoms with Crippen LogP contribution in [0.4, 0.5) is 5.69 Å². The lowest BCUT2D eigenvalue weighted by Crippen LogP contribution is -2.18. The molecule has 0 bridgehead atoms. The molecule has 0 atom stereocenters. The van der Waals surface area contributed by atoms with Gasteiger partial charge in [-0.25, -0.2) is 8.42 Å². The van der Waals surface area contributed by atoms with Gasteiger partial charge in [-0.15, -0.1) is 0 Å². The topological polar surface area (TPSA) is 98.5 Å². The Morgan fingerprint density at radius 3 is 2.63 bits per heavy atom. The highest BCUT2D eigenvalue weighted by molar-refractivity contribution is 7.91. The number of hydrogen-bond acceptors (Lipinski definition) is 6. The van der Waals surface area contributed by atoms with E-state index in [4.69, 9.17) is 20.9 Å². The predicted octanol–water partition coefficient (Wildman–Crippen LogP) is 4.42. The third-order valence-corrected chi connectivity index (χ3v) is 6.69. The number of ether oxygens (including phenoxy) is 1. The second-order valence-electron chi connectivity index (χ2n) is 6.73. The van der Waals surface area contributed by atoms with Crippen LogP contribution in [0.25, 0.3) is 11.3 Å². The zero-order valence-electron chi connectivity index (χ0n) is 16.7. The lowest BCUT2D eigenvalue weighted by molar-refractivity contribution is -0.115. The van der Waals surface area contributed by atoms with E-state index in [1.165, 1.54) is 13.2 Å². The molecule has 0 aliphatic heterocycles. The number of benzene rings is 2. The van der Waals surface area contributed by atoms with Crippen molar-refractivity contribution in [2.24, 2.45) is 0 Å². The fourth-order valence-electron chi connectivity index (χ4n) is 2.87. The number of methoxy groups -OCH3 is 1. The molecule has 0 radical (unpaired) electrons. The Bertz CT molecular complexity index is 1190. The highest BCUT2D eigenvalue weighted by Gasteiger charge is 2.23.